The van der Waals surface area contributed by atoms with Crippen LogP contribution in [0.5, 0.6) is 0 Å². The Hall–Kier alpha value is -2.77. The fraction of sp³-hybridized carbons (Fsp3) is 0.591. The predicted molar refractivity (Wildman–Crippen MR) is 120 cm³/mol. The predicted octanol–water partition coefficient (Wildman–Crippen LogP) is 2.99. The average molecular weight is 415 g/mol. The Morgan fingerprint density at radius 3 is 2.90 bits per heavy atom. The molecule has 1 saturated heterocycles. The first-order valence-corrected chi connectivity index (χ1v) is 10.8. The number of aliphatic imine (C=N–C) groups is 1. The van der Waals surface area contributed by atoms with Gasteiger partial charge in [0, 0.05) is 32.7 Å². The Labute approximate surface area is 178 Å². The summed E-state index contributed by atoms with van der Waals surface area (Å²) in [6.07, 6.45) is 3.35. The third-order valence-electron chi connectivity index (χ3n) is 4.89. The SMILES string of the molecule is CCNC(=NCCCn1cnc2ccccc21)N1CCC(NC(=O)OC(C)(C)C)C1. The van der Waals surface area contributed by atoms with E-state index in [4.69, 9.17) is 9.73 Å². The van der Waals surface area contributed by atoms with E-state index in [9.17, 15) is 4.79 Å². The molecule has 0 aliphatic carbocycles. The number of carbonyl (C=O) groups is 1. The summed E-state index contributed by atoms with van der Waals surface area (Å²) in [7, 11) is 0. The molecule has 1 aliphatic heterocycles. The number of aryl methyl sites for hydroxylation is 1. The van der Waals surface area contributed by atoms with Gasteiger partial charge in [-0.05, 0) is 52.7 Å². The van der Waals surface area contributed by atoms with E-state index in [2.05, 4.69) is 38.1 Å². The second kappa shape index (κ2) is 9.82. The minimum absolute atomic E-state index is 0.0704. The number of guanidine groups is 1. The van der Waals surface area contributed by atoms with Crippen LogP contribution in [0.25, 0.3) is 11.0 Å². The first kappa shape index (κ1) is 21.9. The van der Waals surface area contributed by atoms with Crippen LogP contribution in [0, 0.1) is 0 Å². The van der Waals surface area contributed by atoms with Crippen molar-refractivity contribution in [1.82, 2.24) is 25.1 Å². The van der Waals surface area contributed by atoms with Crippen LogP contribution >= 0.6 is 0 Å². The number of ether oxygens (including phenoxy) is 1. The molecular formula is C22H34N6O2. The van der Waals surface area contributed by atoms with Gasteiger partial charge < -0.3 is 24.8 Å². The van der Waals surface area contributed by atoms with Crippen LogP contribution < -0.4 is 10.6 Å². The van der Waals surface area contributed by atoms with Gasteiger partial charge in [0.25, 0.3) is 0 Å². The van der Waals surface area contributed by atoms with Gasteiger partial charge in [0.05, 0.1) is 23.4 Å². The number of hydrogen-bond acceptors (Lipinski definition) is 4. The minimum atomic E-state index is -0.487. The molecule has 1 aliphatic rings. The average Bonchev–Trinajstić information content (AvgIpc) is 3.30. The zero-order chi connectivity index (χ0) is 21.6. The van der Waals surface area contributed by atoms with E-state index in [1.54, 1.807) is 0 Å². The van der Waals surface area contributed by atoms with Gasteiger partial charge in [0.1, 0.15) is 5.60 Å². The van der Waals surface area contributed by atoms with E-state index in [0.29, 0.717) is 0 Å². The molecular weight excluding hydrogens is 380 g/mol. The van der Waals surface area contributed by atoms with Crippen molar-refractivity contribution in [3.05, 3.63) is 30.6 Å². The normalized spacial score (nSPS) is 17.4. The maximum absolute atomic E-state index is 12.0. The number of hydrogen-bond donors (Lipinski definition) is 2. The second-order valence-electron chi connectivity index (χ2n) is 8.59. The molecule has 3 rings (SSSR count). The third kappa shape index (κ3) is 6.11. The second-order valence-corrected chi connectivity index (χ2v) is 8.59. The van der Waals surface area contributed by atoms with Crippen LogP contribution in [-0.2, 0) is 11.3 Å². The molecule has 0 spiro atoms. The lowest BCUT2D eigenvalue weighted by Gasteiger charge is -2.23. The van der Waals surface area contributed by atoms with E-state index in [0.717, 1.165) is 62.6 Å². The number of carbonyl (C=O) groups excluding carboxylic acids is 1. The quantitative estimate of drug-likeness (QED) is 0.431. The minimum Gasteiger partial charge on any atom is -0.444 e. The molecule has 2 aromatic rings. The molecule has 30 heavy (non-hydrogen) atoms. The standard InChI is InChI=1S/C22H34N6O2/c1-5-23-20(27-14-11-17(15-27)26-21(29)30-22(2,3)4)24-12-8-13-28-16-25-18-9-6-7-10-19(18)28/h6-7,9-10,16-17H,5,8,11-15H2,1-4H3,(H,23,24)(H,26,29). The summed E-state index contributed by atoms with van der Waals surface area (Å²) in [6, 6.07) is 8.24. The smallest absolute Gasteiger partial charge is 0.407 e. The summed E-state index contributed by atoms with van der Waals surface area (Å²) >= 11 is 0. The number of aromatic nitrogens is 2. The van der Waals surface area contributed by atoms with Crippen LogP contribution in [0.1, 0.15) is 40.5 Å². The van der Waals surface area contributed by atoms with Crippen molar-refractivity contribution < 1.29 is 9.53 Å². The number of alkyl carbamates (subject to hydrolysis) is 1. The van der Waals surface area contributed by atoms with Crippen molar-refractivity contribution in [1.29, 1.82) is 0 Å². The highest BCUT2D eigenvalue weighted by Gasteiger charge is 2.27. The monoisotopic (exact) mass is 414 g/mol. The number of likely N-dealkylation sites (tertiary alicyclic amines) is 1. The largest absolute Gasteiger partial charge is 0.444 e. The molecule has 1 amide bonds. The Balaban J connectivity index is 1.50. The fourth-order valence-electron chi connectivity index (χ4n) is 3.58. The first-order valence-electron chi connectivity index (χ1n) is 10.8. The van der Waals surface area contributed by atoms with Crippen LogP contribution in [-0.4, -0.2) is 64.3 Å². The van der Waals surface area contributed by atoms with Gasteiger partial charge in [-0.1, -0.05) is 12.1 Å². The van der Waals surface area contributed by atoms with Crippen molar-refractivity contribution in [2.24, 2.45) is 4.99 Å². The molecule has 1 atom stereocenters. The van der Waals surface area contributed by atoms with Crippen molar-refractivity contribution in [3.63, 3.8) is 0 Å². The van der Waals surface area contributed by atoms with Crippen molar-refractivity contribution >= 4 is 23.1 Å². The first-order chi connectivity index (χ1) is 14.4. The highest BCUT2D eigenvalue weighted by molar-refractivity contribution is 5.80. The summed E-state index contributed by atoms with van der Waals surface area (Å²) in [4.78, 5) is 23.5. The topological polar surface area (TPSA) is 83.8 Å². The number of benzene rings is 1. The van der Waals surface area contributed by atoms with Crippen LogP contribution in [0.2, 0.25) is 0 Å². The number of nitrogens with zero attached hydrogens (tertiary/aromatic N) is 4. The van der Waals surface area contributed by atoms with E-state index in [1.165, 1.54) is 0 Å². The summed E-state index contributed by atoms with van der Waals surface area (Å²) in [5, 5.41) is 6.34. The highest BCUT2D eigenvalue weighted by Crippen LogP contribution is 2.13. The lowest BCUT2D eigenvalue weighted by molar-refractivity contribution is 0.0507. The number of amides is 1. The lowest BCUT2D eigenvalue weighted by Crippen LogP contribution is -2.44. The van der Waals surface area contributed by atoms with Crippen LogP contribution in [0.4, 0.5) is 4.79 Å². The van der Waals surface area contributed by atoms with E-state index in [-0.39, 0.29) is 12.1 Å². The van der Waals surface area contributed by atoms with E-state index < -0.39 is 5.60 Å². The van der Waals surface area contributed by atoms with Crippen molar-refractivity contribution in [2.75, 3.05) is 26.2 Å². The molecule has 8 heteroatoms. The van der Waals surface area contributed by atoms with Crippen molar-refractivity contribution in [2.45, 2.75) is 58.7 Å². The van der Waals surface area contributed by atoms with Gasteiger partial charge in [-0.3, -0.25) is 4.99 Å². The molecule has 0 saturated carbocycles. The summed E-state index contributed by atoms with van der Waals surface area (Å²) in [5.74, 6) is 0.904. The maximum Gasteiger partial charge on any atom is 0.407 e. The summed E-state index contributed by atoms with van der Waals surface area (Å²) in [5.41, 5.74) is 1.69. The molecule has 0 radical (unpaired) electrons. The Morgan fingerprint density at radius 1 is 1.33 bits per heavy atom. The van der Waals surface area contributed by atoms with Gasteiger partial charge in [0.2, 0.25) is 0 Å². The Morgan fingerprint density at radius 2 is 2.13 bits per heavy atom. The number of imidazole rings is 1. The third-order valence-corrected chi connectivity index (χ3v) is 4.89. The molecule has 2 heterocycles. The van der Waals surface area contributed by atoms with Gasteiger partial charge in [-0.2, -0.15) is 0 Å². The van der Waals surface area contributed by atoms with Gasteiger partial charge in [-0.25, -0.2) is 9.78 Å². The molecule has 164 valence electrons. The van der Waals surface area contributed by atoms with Gasteiger partial charge in [-0.15, -0.1) is 0 Å². The van der Waals surface area contributed by atoms with Crippen molar-refractivity contribution in [3.8, 4) is 0 Å². The molecule has 1 aromatic heterocycles. The fourth-order valence-corrected chi connectivity index (χ4v) is 3.58. The van der Waals surface area contributed by atoms with Gasteiger partial charge in [0.15, 0.2) is 5.96 Å². The zero-order valence-electron chi connectivity index (χ0n) is 18.5. The van der Waals surface area contributed by atoms with Crippen LogP contribution in [0.15, 0.2) is 35.6 Å². The molecule has 1 aromatic carbocycles. The molecule has 1 unspecified atom stereocenters. The Kier molecular flexibility index (Phi) is 7.18. The van der Waals surface area contributed by atoms with E-state index >= 15 is 0 Å². The Bertz CT molecular complexity index is 870. The van der Waals surface area contributed by atoms with Gasteiger partial charge >= 0.3 is 6.09 Å². The zero-order valence-corrected chi connectivity index (χ0v) is 18.5. The molecule has 8 nitrogen and oxygen atoms in total. The number of rotatable bonds is 6. The van der Waals surface area contributed by atoms with Crippen LogP contribution in [0.3, 0.4) is 0 Å². The number of nitrogens with one attached hydrogen (secondary N) is 2. The molecule has 0 bridgehead atoms. The molecule has 2 N–H and O–H groups in total. The maximum atomic E-state index is 12.0. The summed E-state index contributed by atoms with van der Waals surface area (Å²) in [6.45, 7) is 11.7. The number of fused-ring (bicyclic) bond motifs is 1. The molecule has 1 fully saturated rings. The number of para-hydroxylation sites is 2. The summed E-state index contributed by atoms with van der Waals surface area (Å²) < 4.78 is 7.54. The lowest BCUT2D eigenvalue weighted by atomic mass is 10.2. The highest BCUT2D eigenvalue weighted by atomic mass is 16.6. The van der Waals surface area contributed by atoms with E-state index in [1.807, 2.05) is 45.3 Å².